The maximum atomic E-state index is 13.3. The molecule has 5 fully saturated rings. The van der Waals surface area contributed by atoms with Crippen molar-refractivity contribution in [1.29, 1.82) is 0 Å². The Balaban J connectivity index is 1.23. The standard InChI is InChI=1S/C29H48NO4/c1-26(2)20-10-12-28(26,5)22(16-20)33-24(31)18-30(14-8-7-9-15-30)19-25(32)34-23-17-21-11-13-29(23,6)27(21,3)4/h20-23H,7-19H2,1-6H3/q+1/t20-,21+,22+,23-,28-,29-/m1/s1. The van der Waals surface area contributed by atoms with Gasteiger partial charge in [0.1, 0.15) is 12.2 Å². The van der Waals surface area contributed by atoms with Crippen molar-refractivity contribution in [2.45, 2.75) is 112 Å². The summed E-state index contributed by atoms with van der Waals surface area (Å²) in [5, 5.41) is 0. The number of likely N-dealkylation sites (tertiary alicyclic amines) is 1. The van der Waals surface area contributed by atoms with E-state index in [1.165, 1.54) is 19.3 Å². The molecular weight excluding hydrogens is 426 g/mol. The van der Waals surface area contributed by atoms with Crippen LogP contribution in [0.5, 0.6) is 0 Å². The first kappa shape index (κ1) is 24.6. The van der Waals surface area contributed by atoms with Crippen molar-refractivity contribution in [2.75, 3.05) is 26.2 Å². The van der Waals surface area contributed by atoms with E-state index in [0.717, 1.165) is 51.6 Å². The number of nitrogens with zero attached hydrogens (tertiary/aromatic N) is 1. The normalized spacial score (nSPS) is 43.1. The molecule has 6 atom stereocenters. The molecule has 5 nitrogen and oxygen atoms in total. The van der Waals surface area contributed by atoms with Gasteiger partial charge in [-0.25, -0.2) is 9.59 Å². The summed E-state index contributed by atoms with van der Waals surface area (Å²) in [5.41, 5.74) is 0.597. The Bertz CT molecular complexity index is 781. The maximum Gasteiger partial charge on any atom is 0.362 e. The largest absolute Gasteiger partial charge is 0.458 e. The number of hydrogen-bond acceptors (Lipinski definition) is 4. The molecule has 4 bridgehead atoms. The van der Waals surface area contributed by atoms with Crippen LogP contribution in [0.1, 0.15) is 99.3 Å². The maximum absolute atomic E-state index is 13.3. The van der Waals surface area contributed by atoms with Crippen LogP contribution in [0.2, 0.25) is 0 Å². The van der Waals surface area contributed by atoms with Crippen molar-refractivity contribution in [3.63, 3.8) is 0 Å². The summed E-state index contributed by atoms with van der Waals surface area (Å²) in [6, 6.07) is 0. The number of piperidine rings is 1. The second-order valence-corrected chi connectivity index (χ2v) is 14.3. The first-order valence-corrected chi connectivity index (χ1v) is 14.1. The lowest BCUT2D eigenvalue weighted by molar-refractivity contribution is -0.919. The highest BCUT2D eigenvalue weighted by Gasteiger charge is 2.64. The zero-order chi connectivity index (χ0) is 24.6. The Labute approximate surface area is 206 Å². The van der Waals surface area contributed by atoms with Crippen molar-refractivity contribution in [3.8, 4) is 0 Å². The number of fused-ring (bicyclic) bond motifs is 4. The lowest BCUT2D eigenvalue weighted by Crippen LogP contribution is -2.58. The summed E-state index contributed by atoms with van der Waals surface area (Å²) >= 11 is 0. The molecule has 4 saturated carbocycles. The molecule has 0 N–H and O–H groups in total. The second kappa shape index (κ2) is 7.95. The fraction of sp³-hybridized carbons (Fsp3) is 0.931. The fourth-order valence-corrected chi connectivity index (χ4v) is 9.11. The molecule has 1 saturated heterocycles. The summed E-state index contributed by atoms with van der Waals surface area (Å²) < 4.78 is 12.9. The number of esters is 2. The minimum absolute atomic E-state index is 0.0155. The van der Waals surface area contributed by atoms with Gasteiger partial charge in [0.15, 0.2) is 13.1 Å². The zero-order valence-electron chi connectivity index (χ0n) is 22.6. The summed E-state index contributed by atoms with van der Waals surface area (Å²) in [6.45, 7) is 16.4. The number of hydrogen-bond donors (Lipinski definition) is 0. The topological polar surface area (TPSA) is 52.6 Å². The minimum Gasteiger partial charge on any atom is -0.458 e. The third-order valence-electron chi connectivity index (χ3n) is 12.7. The van der Waals surface area contributed by atoms with Gasteiger partial charge < -0.3 is 14.0 Å². The lowest BCUT2D eigenvalue weighted by Gasteiger charge is -2.42. The molecule has 0 radical (unpaired) electrons. The monoisotopic (exact) mass is 474 g/mol. The SMILES string of the molecule is CC1(C)[C@@H]2CC[C@]1(C)[C@@H](OC(=O)C[N+]1(CC(=O)O[C@@H]3C[C@@H]4CC[C@@]3(C)C4(C)C)CCCCC1)C2. The Kier molecular flexibility index (Phi) is 5.75. The molecule has 0 aromatic carbocycles. The van der Waals surface area contributed by atoms with Crippen molar-refractivity contribution >= 4 is 11.9 Å². The molecule has 5 heteroatoms. The van der Waals surface area contributed by atoms with E-state index in [4.69, 9.17) is 9.47 Å². The van der Waals surface area contributed by atoms with Gasteiger partial charge in [0.05, 0.1) is 13.1 Å². The van der Waals surface area contributed by atoms with Gasteiger partial charge in [0.2, 0.25) is 0 Å². The van der Waals surface area contributed by atoms with Gasteiger partial charge in [-0.2, -0.15) is 0 Å². The van der Waals surface area contributed by atoms with E-state index in [0.29, 0.717) is 29.4 Å². The lowest BCUT2D eigenvalue weighted by atomic mass is 9.70. The third-order valence-corrected chi connectivity index (χ3v) is 12.7. The molecule has 5 aliphatic rings. The van der Waals surface area contributed by atoms with Crippen LogP contribution in [-0.2, 0) is 19.1 Å². The zero-order valence-corrected chi connectivity index (χ0v) is 22.6. The molecule has 0 aromatic heterocycles. The van der Waals surface area contributed by atoms with Crippen molar-refractivity contribution in [3.05, 3.63) is 0 Å². The molecule has 34 heavy (non-hydrogen) atoms. The number of carbonyl (C=O) groups is 2. The van der Waals surface area contributed by atoms with E-state index in [1.807, 2.05) is 0 Å². The van der Waals surface area contributed by atoms with Gasteiger partial charge in [0.25, 0.3) is 0 Å². The molecule has 1 heterocycles. The highest BCUT2D eigenvalue weighted by molar-refractivity contribution is 5.73. The van der Waals surface area contributed by atoms with Gasteiger partial charge in [-0.3, -0.25) is 0 Å². The molecule has 0 spiro atoms. The highest BCUT2D eigenvalue weighted by atomic mass is 16.6. The predicted octanol–water partition coefficient (Wildman–Crippen LogP) is 5.50. The van der Waals surface area contributed by atoms with Crippen LogP contribution in [0.4, 0.5) is 0 Å². The Morgan fingerprint density at radius 2 is 1.12 bits per heavy atom. The fourth-order valence-electron chi connectivity index (χ4n) is 9.11. The molecular formula is C29H48NO4+. The van der Waals surface area contributed by atoms with Crippen LogP contribution in [0.3, 0.4) is 0 Å². The first-order valence-electron chi connectivity index (χ1n) is 14.1. The van der Waals surface area contributed by atoms with Crippen LogP contribution < -0.4 is 0 Å². The van der Waals surface area contributed by atoms with Crippen LogP contribution in [0.15, 0.2) is 0 Å². The van der Waals surface area contributed by atoms with Gasteiger partial charge in [-0.1, -0.05) is 41.5 Å². The van der Waals surface area contributed by atoms with Crippen molar-refractivity contribution in [2.24, 2.45) is 33.5 Å². The van der Waals surface area contributed by atoms with Gasteiger partial charge >= 0.3 is 11.9 Å². The summed E-state index contributed by atoms with van der Waals surface area (Å²) in [4.78, 5) is 26.6. The molecule has 1 aliphatic heterocycles. The van der Waals surface area contributed by atoms with Crippen LogP contribution in [0.25, 0.3) is 0 Å². The average molecular weight is 475 g/mol. The molecule has 0 aromatic rings. The van der Waals surface area contributed by atoms with E-state index in [1.54, 1.807) is 0 Å². The number of ether oxygens (including phenoxy) is 2. The number of quaternary nitrogens is 1. The quantitative estimate of drug-likeness (QED) is 0.377. The minimum atomic E-state index is -0.114. The highest BCUT2D eigenvalue weighted by Crippen LogP contribution is 2.67. The summed E-state index contributed by atoms with van der Waals surface area (Å²) in [7, 11) is 0. The van der Waals surface area contributed by atoms with Gasteiger partial charge in [-0.15, -0.1) is 0 Å². The van der Waals surface area contributed by atoms with E-state index in [2.05, 4.69) is 41.5 Å². The molecule has 0 amide bonds. The number of carbonyl (C=O) groups excluding carboxylic acids is 2. The van der Waals surface area contributed by atoms with E-state index in [-0.39, 0.29) is 45.8 Å². The summed E-state index contributed by atoms with van der Waals surface area (Å²) in [6.07, 6.45) is 10.1. The summed E-state index contributed by atoms with van der Waals surface area (Å²) in [5.74, 6) is 1.07. The molecule has 192 valence electrons. The molecule has 0 unspecified atom stereocenters. The Morgan fingerprint density at radius 1 is 0.706 bits per heavy atom. The smallest absolute Gasteiger partial charge is 0.362 e. The number of rotatable bonds is 6. The van der Waals surface area contributed by atoms with Crippen molar-refractivity contribution < 1.29 is 23.5 Å². The second-order valence-electron chi connectivity index (χ2n) is 14.3. The third kappa shape index (κ3) is 3.50. The molecule has 4 aliphatic carbocycles. The van der Waals surface area contributed by atoms with Gasteiger partial charge in [-0.05, 0) is 80.5 Å². The van der Waals surface area contributed by atoms with Gasteiger partial charge in [0, 0.05) is 10.8 Å². The van der Waals surface area contributed by atoms with Crippen molar-refractivity contribution in [1.82, 2.24) is 0 Å². The average Bonchev–Trinajstić information content (AvgIpc) is 3.26. The van der Waals surface area contributed by atoms with E-state index >= 15 is 0 Å². The van der Waals surface area contributed by atoms with Crippen LogP contribution in [0, 0.1) is 33.5 Å². The molecule has 5 rings (SSSR count). The van der Waals surface area contributed by atoms with Crippen LogP contribution in [-0.4, -0.2) is 54.8 Å². The Morgan fingerprint density at radius 3 is 1.44 bits per heavy atom. The van der Waals surface area contributed by atoms with Crippen LogP contribution >= 0.6 is 0 Å². The Hall–Kier alpha value is -1.10. The van der Waals surface area contributed by atoms with E-state index < -0.39 is 0 Å². The first-order chi connectivity index (χ1) is 15.8. The van der Waals surface area contributed by atoms with E-state index in [9.17, 15) is 9.59 Å². The predicted molar refractivity (Wildman–Crippen MR) is 132 cm³/mol.